The number of hydrogen-bond donors (Lipinski definition) is 1. The van der Waals surface area contributed by atoms with Gasteiger partial charge in [-0.1, -0.05) is 66.7 Å². The Labute approximate surface area is 228 Å². The van der Waals surface area contributed by atoms with Crippen molar-refractivity contribution >= 4 is 16.7 Å². The van der Waals surface area contributed by atoms with E-state index in [1.807, 2.05) is 72.1 Å². The van der Waals surface area contributed by atoms with Crippen LogP contribution >= 0.6 is 0 Å². The van der Waals surface area contributed by atoms with E-state index in [2.05, 4.69) is 60.0 Å². The molecule has 2 aromatic carbocycles. The third-order valence-electron chi connectivity index (χ3n) is 5.59. The molecule has 0 aliphatic carbocycles. The molecule has 0 unspecified atom stereocenters. The van der Waals surface area contributed by atoms with Crippen molar-refractivity contribution in [2.24, 2.45) is 10.8 Å². The SMILES string of the molecule is CC(C)(C)C(=O)/C=C(\O)C(C)(C)C.Cc1cc[c-]c(-c2ccc3ccc(-n4cccc4)cc3n2)c1.[Ir]. The van der Waals surface area contributed by atoms with Crippen molar-refractivity contribution in [3.8, 4) is 16.9 Å². The first kappa shape index (κ1) is 29.2. The van der Waals surface area contributed by atoms with E-state index in [0.717, 1.165) is 27.8 Å². The monoisotopic (exact) mass is 660 g/mol. The van der Waals surface area contributed by atoms with Gasteiger partial charge in [0.25, 0.3) is 0 Å². The maximum atomic E-state index is 11.5. The quantitative estimate of drug-likeness (QED) is 0.138. The zero-order valence-corrected chi connectivity index (χ0v) is 24.5. The molecule has 0 aliphatic heterocycles. The summed E-state index contributed by atoms with van der Waals surface area (Å²) in [7, 11) is 0. The normalized spacial score (nSPS) is 11.9. The van der Waals surface area contributed by atoms with E-state index >= 15 is 0 Å². The van der Waals surface area contributed by atoms with E-state index in [1.54, 1.807) is 0 Å². The predicted octanol–water partition coefficient (Wildman–Crippen LogP) is 7.89. The molecule has 36 heavy (non-hydrogen) atoms. The Balaban J connectivity index is 0.000000285. The molecule has 191 valence electrons. The van der Waals surface area contributed by atoms with Crippen LogP contribution in [0.1, 0.15) is 47.1 Å². The molecule has 2 heterocycles. The van der Waals surface area contributed by atoms with Gasteiger partial charge >= 0.3 is 0 Å². The molecule has 0 saturated carbocycles. The van der Waals surface area contributed by atoms with Crippen molar-refractivity contribution in [2.45, 2.75) is 48.5 Å². The standard InChI is InChI=1S/C20H15N2.C11H20O2.Ir/c1-15-5-4-6-17(13-15)19-10-8-16-7-9-18(14-20(16)21-19)22-11-2-3-12-22;1-10(2,3)8(12)7-9(13)11(4,5)6;/h2-5,7-14H,1H3;7,12H,1-6H3;/q-1;;/b;8-7-;. The van der Waals surface area contributed by atoms with Crippen LogP contribution < -0.4 is 0 Å². The molecule has 1 radical (unpaired) electrons. The number of allylic oxidation sites excluding steroid dienone is 2. The third-order valence-corrected chi connectivity index (χ3v) is 5.59. The molecule has 0 fully saturated rings. The van der Waals surface area contributed by atoms with Gasteiger partial charge in [0.15, 0.2) is 5.78 Å². The third kappa shape index (κ3) is 7.74. The summed E-state index contributed by atoms with van der Waals surface area (Å²) >= 11 is 0. The Hall–Kier alpha value is -3.01. The second-order valence-electron chi connectivity index (χ2n) is 10.8. The molecular weight excluding hydrogens is 625 g/mol. The fourth-order valence-electron chi connectivity index (χ4n) is 3.21. The second kappa shape index (κ2) is 11.8. The molecular formula is C31H35IrN2O2-. The number of pyridine rings is 1. The van der Waals surface area contributed by atoms with Crippen LogP contribution in [-0.4, -0.2) is 20.4 Å². The predicted molar refractivity (Wildman–Crippen MR) is 145 cm³/mol. The van der Waals surface area contributed by atoms with Gasteiger partial charge in [-0.3, -0.25) is 9.78 Å². The first-order chi connectivity index (χ1) is 16.3. The topological polar surface area (TPSA) is 55.1 Å². The van der Waals surface area contributed by atoms with Crippen molar-refractivity contribution in [2.75, 3.05) is 0 Å². The van der Waals surface area contributed by atoms with Crippen molar-refractivity contribution < 1.29 is 30.0 Å². The molecule has 0 atom stereocenters. The Morgan fingerprint density at radius 3 is 2.17 bits per heavy atom. The fourth-order valence-corrected chi connectivity index (χ4v) is 3.21. The number of aryl methyl sites for hydroxylation is 1. The average molecular weight is 660 g/mol. The summed E-state index contributed by atoms with van der Waals surface area (Å²) in [5.74, 6) is 0.104. The van der Waals surface area contributed by atoms with Crippen LogP contribution in [0.4, 0.5) is 0 Å². The number of ketones is 1. The van der Waals surface area contributed by atoms with Crippen LogP contribution in [0.3, 0.4) is 0 Å². The van der Waals surface area contributed by atoms with Gasteiger partial charge in [0.1, 0.15) is 5.76 Å². The van der Waals surface area contributed by atoms with Crippen LogP contribution in [-0.2, 0) is 24.9 Å². The van der Waals surface area contributed by atoms with Crippen molar-refractivity contribution in [1.82, 2.24) is 9.55 Å². The first-order valence-electron chi connectivity index (χ1n) is 11.8. The van der Waals surface area contributed by atoms with Gasteiger partial charge in [-0.05, 0) is 35.3 Å². The number of carbonyl (C=O) groups excluding carboxylic acids is 1. The number of fused-ring (bicyclic) bond motifs is 1. The summed E-state index contributed by atoms with van der Waals surface area (Å²) in [4.78, 5) is 16.3. The van der Waals surface area contributed by atoms with Gasteiger partial charge in [-0.25, -0.2) is 0 Å². The number of rotatable bonds is 3. The van der Waals surface area contributed by atoms with Gasteiger partial charge in [0.2, 0.25) is 0 Å². The van der Waals surface area contributed by atoms with Gasteiger partial charge in [0, 0.05) is 55.1 Å². The summed E-state index contributed by atoms with van der Waals surface area (Å²) in [6.07, 6.45) is 5.42. The molecule has 0 amide bonds. The summed E-state index contributed by atoms with van der Waals surface area (Å²) in [5, 5.41) is 10.7. The van der Waals surface area contributed by atoms with Crippen molar-refractivity contribution in [3.05, 3.63) is 96.5 Å². The largest absolute Gasteiger partial charge is 0.512 e. The molecule has 0 bridgehead atoms. The van der Waals surface area contributed by atoms with Crippen molar-refractivity contribution in [3.63, 3.8) is 0 Å². The summed E-state index contributed by atoms with van der Waals surface area (Å²) in [6, 6.07) is 24.0. The van der Waals surface area contributed by atoms with E-state index in [9.17, 15) is 9.90 Å². The second-order valence-corrected chi connectivity index (χ2v) is 10.8. The number of nitrogens with zero attached hydrogens (tertiary/aromatic N) is 2. The Morgan fingerprint density at radius 1 is 0.944 bits per heavy atom. The first-order valence-corrected chi connectivity index (χ1v) is 11.8. The molecule has 5 heteroatoms. The number of aliphatic hydroxyl groups excluding tert-OH is 1. The average Bonchev–Trinajstić information content (AvgIpc) is 3.32. The number of benzene rings is 2. The van der Waals surface area contributed by atoms with E-state index < -0.39 is 5.41 Å². The fraction of sp³-hybridized carbons (Fsp3) is 0.290. The van der Waals surface area contributed by atoms with Crippen molar-refractivity contribution in [1.29, 1.82) is 0 Å². The van der Waals surface area contributed by atoms with E-state index in [0.29, 0.717) is 0 Å². The molecule has 0 spiro atoms. The number of aromatic nitrogens is 2. The van der Waals surface area contributed by atoms with Crippen LogP contribution in [0.25, 0.3) is 27.8 Å². The van der Waals surface area contributed by atoms with Gasteiger partial charge in [-0.2, -0.15) is 0 Å². The van der Waals surface area contributed by atoms with Crippen LogP contribution in [0.15, 0.2) is 84.9 Å². The van der Waals surface area contributed by atoms with Crippen LogP contribution in [0.2, 0.25) is 0 Å². The number of aliphatic hydroxyl groups is 1. The number of carbonyl (C=O) groups is 1. The van der Waals surface area contributed by atoms with Crippen LogP contribution in [0, 0.1) is 23.8 Å². The zero-order valence-electron chi connectivity index (χ0n) is 22.1. The maximum absolute atomic E-state index is 11.5. The molecule has 4 rings (SSSR count). The molecule has 4 nitrogen and oxygen atoms in total. The summed E-state index contributed by atoms with van der Waals surface area (Å²) in [5.41, 5.74) is 4.57. The minimum Gasteiger partial charge on any atom is -0.512 e. The Bertz CT molecular complexity index is 1340. The number of hydrogen-bond acceptors (Lipinski definition) is 3. The molecule has 2 aromatic heterocycles. The maximum Gasteiger partial charge on any atom is 0.164 e. The van der Waals surface area contributed by atoms with Crippen LogP contribution in [0.5, 0.6) is 0 Å². The van der Waals surface area contributed by atoms with E-state index in [1.165, 1.54) is 11.6 Å². The summed E-state index contributed by atoms with van der Waals surface area (Å²) in [6.45, 7) is 13.2. The molecule has 1 N–H and O–H groups in total. The Kier molecular flexibility index (Phi) is 9.59. The van der Waals surface area contributed by atoms with Gasteiger partial charge < -0.3 is 9.67 Å². The van der Waals surface area contributed by atoms with Gasteiger partial charge in [0.05, 0.1) is 5.52 Å². The zero-order chi connectivity index (χ0) is 25.8. The Morgan fingerprint density at radius 2 is 1.58 bits per heavy atom. The van der Waals surface area contributed by atoms with E-state index in [4.69, 9.17) is 4.98 Å². The summed E-state index contributed by atoms with van der Waals surface area (Å²) < 4.78 is 2.09. The molecule has 4 aromatic rings. The minimum absolute atomic E-state index is 0. The minimum atomic E-state index is -0.417. The van der Waals surface area contributed by atoms with Gasteiger partial charge in [-0.15, -0.1) is 35.4 Å². The molecule has 0 saturated heterocycles. The molecule has 0 aliphatic rings. The van der Waals surface area contributed by atoms with E-state index in [-0.39, 0.29) is 37.1 Å². The smallest absolute Gasteiger partial charge is 0.164 e.